The molecule has 0 bridgehead atoms. The van der Waals surface area contributed by atoms with Crippen LogP contribution in [0.3, 0.4) is 0 Å². The first kappa shape index (κ1) is 10.5. The highest BCUT2D eigenvalue weighted by atomic mass is 32.2. The second-order valence-electron chi connectivity index (χ2n) is 4.39. The molecule has 2 fully saturated rings. The Kier molecular flexibility index (Phi) is 3.88. The predicted molar refractivity (Wildman–Crippen MR) is 60.5 cm³/mol. The highest BCUT2D eigenvalue weighted by molar-refractivity contribution is 7.99. The number of hydrogen-bond donors (Lipinski definition) is 0. The van der Waals surface area contributed by atoms with Gasteiger partial charge in [0.2, 0.25) is 0 Å². The van der Waals surface area contributed by atoms with Crippen molar-refractivity contribution in [2.24, 2.45) is 5.92 Å². The van der Waals surface area contributed by atoms with Crippen molar-refractivity contribution in [2.45, 2.75) is 32.1 Å². The zero-order valence-electron chi connectivity index (χ0n) is 8.71. The molecule has 1 saturated carbocycles. The molecular formula is C11H19NOS. The third kappa shape index (κ3) is 2.74. The van der Waals surface area contributed by atoms with E-state index in [1.807, 2.05) is 11.8 Å². The van der Waals surface area contributed by atoms with Crippen LogP contribution in [0.2, 0.25) is 0 Å². The molecule has 2 rings (SSSR count). The molecule has 1 aliphatic heterocycles. The van der Waals surface area contributed by atoms with Gasteiger partial charge >= 0.3 is 0 Å². The first-order chi connectivity index (χ1) is 6.86. The summed E-state index contributed by atoms with van der Waals surface area (Å²) in [6.45, 7) is 1.83. The molecule has 0 unspecified atom stereocenters. The van der Waals surface area contributed by atoms with Crippen LogP contribution in [-0.4, -0.2) is 35.4 Å². The number of Topliss-reactive ketones (excluding diaryl/α,β-unsaturated/α-hetero) is 1. The lowest BCUT2D eigenvalue weighted by Gasteiger charge is -2.22. The van der Waals surface area contributed by atoms with Gasteiger partial charge in [0.25, 0.3) is 0 Å². The van der Waals surface area contributed by atoms with Gasteiger partial charge in [0.15, 0.2) is 0 Å². The number of carbonyl (C=O) groups excluding carboxylic acids is 1. The van der Waals surface area contributed by atoms with Crippen LogP contribution in [0.1, 0.15) is 32.1 Å². The number of ketones is 1. The monoisotopic (exact) mass is 213 g/mol. The quantitative estimate of drug-likeness (QED) is 0.716. The van der Waals surface area contributed by atoms with Gasteiger partial charge < -0.3 is 0 Å². The second kappa shape index (κ2) is 5.17. The first-order valence-electron chi connectivity index (χ1n) is 5.69. The van der Waals surface area contributed by atoms with Crippen molar-refractivity contribution in [3.05, 3.63) is 0 Å². The van der Waals surface area contributed by atoms with E-state index in [1.54, 1.807) is 0 Å². The SMILES string of the molecule is O=C(CN1CCSC1)C1CCCCC1. The average Bonchev–Trinajstić information content (AvgIpc) is 2.72. The molecule has 0 atom stereocenters. The third-order valence-electron chi connectivity index (χ3n) is 3.27. The Hall–Kier alpha value is -0.0200. The summed E-state index contributed by atoms with van der Waals surface area (Å²) in [5.41, 5.74) is 0. The van der Waals surface area contributed by atoms with E-state index < -0.39 is 0 Å². The van der Waals surface area contributed by atoms with Crippen molar-refractivity contribution in [3.8, 4) is 0 Å². The molecule has 0 radical (unpaired) electrons. The lowest BCUT2D eigenvalue weighted by molar-refractivity contribution is -0.124. The molecular weight excluding hydrogens is 194 g/mol. The summed E-state index contributed by atoms with van der Waals surface area (Å²) >= 11 is 1.94. The fourth-order valence-corrected chi connectivity index (χ4v) is 3.35. The lowest BCUT2D eigenvalue weighted by Crippen LogP contribution is -2.32. The largest absolute Gasteiger partial charge is 0.298 e. The average molecular weight is 213 g/mol. The molecule has 0 aromatic carbocycles. The van der Waals surface area contributed by atoms with E-state index >= 15 is 0 Å². The third-order valence-corrected chi connectivity index (χ3v) is 4.28. The second-order valence-corrected chi connectivity index (χ2v) is 5.47. The minimum atomic E-state index is 0.398. The van der Waals surface area contributed by atoms with E-state index in [9.17, 15) is 4.79 Å². The number of thioether (sulfide) groups is 1. The van der Waals surface area contributed by atoms with Gasteiger partial charge in [-0.2, -0.15) is 0 Å². The maximum atomic E-state index is 11.9. The summed E-state index contributed by atoms with van der Waals surface area (Å²) in [5.74, 6) is 3.18. The van der Waals surface area contributed by atoms with Crippen molar-refractivity contribution in [1.82, 2.24) is 4.90 Å². The van der Waals surface area contributed by atoms with Gasteiger partial charge in [-0.1, -0.05) is 19.3 Å². The molecule has 1 heterocycles. The maximum absolute atomic E-state index is 11.9. The van der Waals surface area contributed by atoms with Crippen LogP contribution in [0.5, 0.6) is 0 Å². The van der Waals surface area contributed by atoms with Gasteiger partial charge in [-0.05, 0) is 12.8 Å². The van der Waals surface area contributed by atoms with Crippen molar-refractivity contribution in [1.29, 1.82) is 0 Å². The molecule has 0 aromatic heterocycles. The van der Waals surface area contributed by atoms with E-state index in [-0.39, 0.29) is 0 Å². The zero-order chi connectivity index (χ0) is 9.80. The van der Waals surface area contributed by atoms with Crippen molar-refractivity contribution in [3.63, 3.8) is 0 Å². The van der Waals surface area contributed by atoms with Gasteiger partial charge in [0.1, 0.15) is 5.78 Å². The molecule has 14 heavy (non-hydrogen) atoms. The molecule has 1 aliphatic carbocycles. The van der Waals surface area contributed by atoms with Crippen LogP contribution in [0.25, 0.3) is 0 Å². The topological polar surface area (TPSA) is 20.3 Å². The van der Waals surface area contributed by atoms with Gasteiger partial charge in [0.05, 0.1) is 6.54 Å². The lowest BCUT2D eigenvalue weighted by atomic mass is 9.86. The van der Waals surface area contributed by atoms with E-state index in [0.717, 1.165) is 31.8 Å². The van der Waals surface area contributed by atoms with E-state index in [0.29, 0.717) is 11.7 Å². The fourth-order valence-electron chi connectivity index (χ4n) is 2.35. The first-order valence-corrected chi connectivity index (χ1v) is 6.84. The Labute approximate surface area is 90.4 Å². The van der Waals surface area contributed by atoms with Gasteiger partial charge in [-0.25, -0.2) is 0 Å². The zero-order valence-corrected chi connectivity index (χ0v) is 9.52. The molecule has 0 spiro atoms. The molecule has 0 N–H and O–H groups in total. The molecule has 80 valence electrons. The number of rotatable bonds is 3. The Bertz CT molecular complexity index is 195. The fraction of sp³-hybridized carbons (Fsp3) is 0.909. The standard InChI is InChI=1S/C11H19NOS/c13-11(8-12-6-7-14-9-12)10-4-2-1-3-5-10/h10H,1-9H2. The number of carbonyl (C=O) groups is 1. The maximum Gasteiger partial charge on any atom is 0.149 e. The Morgan fingerprint density at radius 3 is 2.71 bits per heavy atom. The summed E-state index contributed by atoms with van der Waals surface area (Å²) in [4.78, 5) is 14.2. The van der Waals surface area contributed by atoms with Crippen LogP contribution >= 0.6 is 11.8 Å². The van der Waals surface area contributed by atoms with E-state index in [1.165, 1.54) is 25.0 Å². The van der Waals surface area contributed by atoms with Crippen LogP contribution in [0.15, 0.2) is 0 Å². The van der Waals surface area contributed by atoms with Crippen LogP contribution in [-0.2, 0) is 4.79 Å². The summed E-state index contributed by atoms with van der Waals surface area (Å²) in [7, 11) is 0. The molecule has 2 aliphatic rings. The minimum absolute atomic E-state index is 0.398. The molecule has 1 saturated heterocycles. The summed E-state index contributed by atoms with van der Waals surface area (Å²) in [5, 5.41) is 0. The van der Waals surface area contributed by atoms with Gasteiger partial charge in [0, 0.05) is 24.1 Å². The predicted octanol–water partition coefficient (Wildman–Crippen LogP) is 2.14. The van der Waals surface area contributed by atoms with Crippen molar-refractivity contribution >= 4 is 17.5 Å². The normalized spacial score (nSPS) is 25.4. The Morgan fingerprint density at radius 1 is 1.29 bits per heavy atom. The van der Waals surface area contributed by atoms with Crippen LogP contribution < -0.4 is 0 Å². The van der Waals surface area contributed by atoms with E-state index in [4.69, 9.17) is 0 Å². The van der Waals surface area contributed by atoms with Crippen molar-refractivity contribution < 1.29 is 4.79 Å². The van der Waals surface area contributed by atoms with Crippen molar-refractivity contribution in [2.75, 3.05) is 24.7 Å². The summed E-state index contributed by atoms with van der Waals surface area (Å²) < 4.78 is 0. The Balaban J connectivity index is 1.75. The summed E-state index contributed by atoms with van der Waals surface area (Å²) in [6.07, 6.45) is 6.18. The van der Waals surface area contributed by atoms with Crippen LogP contribution in [0, 0.1) is 5.92 Å². The number of hydrogen-bond acceptors (Lipinski definition) is 3. The minimum Gasteiger partial charge on any atom is -0.298 e. The number of nitrogens with zero attached hydrogens (tertiary/aromatic N) is 1. The van der Waals surface area contributed by atoms with E-state index in [2.05, 4.69) is 4.90 Å². The molecule has 0 aromatic rings. The van der Waals surface area contributed by atoms with Crippen LogP contribution in [0.4, 0.5) is 0 Å². The highest BCUT2D eigenvalue weighted by Crippen LogP contribution is 2.25. The smallest absolute Gasteiger partial charge is 0.149 e. The van der Waals surface area contributed by atoms with Gasteiger partial charge in [-0.3, -0.25) is 9.69 Å². The molecule has 2 nitrogen and oxygen atoms in total. The molecule has 3 heteroatoms. The highest BCUT2D eigenvalue weighted by Gasteiger charge is 2.23. The molecule has 0 amide bonds. The van der Waals surface area contributed by atoms with Gasteiger partial charge in [-0.15, -0.1) is 11.8 Å². The Morgan fingerprint density at radius 2 is 2.07 bits per heavy atom. The summed E-state index contributed by atoms with van der Waals surface area (Å²) in [6, 6.07) is 0.